The molecule has 4 nitrogen and oxygen atoms in total. The Labute approximate surface area is 102 Å². The maximum Gasteiger partial charge on any atom is 0.328 e. The number of aliphatic carboxylic acids is 1. The van der Waals surface area contributed by atoms with Crippen molar-refractivity contribution in [2.24, 2.45) is 0 Å². The molecule has 0 atom stereocenters. The molecule has 1 rings (SSSR count). The molecule has 0 bridgehead atoms. The predicted molar refractivity (Wildman–Crippen MR) is 60.6 cm³/mol. The van der Waals surface area contributed by atoms with E-state index in [1.54, 1.807) is 0 Å². The molecule has 0 heterocycles. The van der Waals surface area contributed by atoms with E-state index in [0.717, 1.165) is 6.07 Å². The topological polar surface area (TPSA) is 66.4 Å². The quantitative estimate of drug-likeness (QED) is 0.873. The van der Waals surface area contributed by atoms with Gasteiger partial charge in [-0.15, -0.1) is 0 Å². The van der Waals surface area contributed by atoms with Crippen LogP contribution in [0.4, 0.5) is 4.39 Å². The van der Waals surface area contributed by atoms with Crippen molar-refractivity contribution in [3.8, 4) is 0 Å². The molecule has 6 heteroatoms. The van der Waals surface area contributed by atoms with Gasteiger partial charge in [0.2, 0.25) is 0 Å². The summed E-state index contributed by atoms with van der Waals surface area (Å²) in [6, 6.07) is 3.75. The molecule has 1 aromatic carbocycles. The summed E-state index contributed by atoms with van der Waals surface area (Å²) in [5, 5.41) is 10.8. The fraction of sp³-hybridized carbons (Fsp3) is 0.273. The Hall–Kier alpha value is -1.62. The van der Waals surface area contributed by atoms with Crippen LogP contribution in [0.5, 0.6) is 0 Å². The van der Waals surface area contributed by atoms with Crippen LogP contribution >= 0.6 is 11.6 Å². The molecular formula is C11H11ClFNO3. The van der Waals surface area contributed by atoms with Crippen LogP contribution in [-0.2, 0) is 4.79 Å². The number of carboxylic acids is 1. The highest BCUT2D eigenvalue weighted by atomic mass is 35.5. The molecule has 0 spiro atoms. The second-order valence-corrected chi connectivity index (χ2v) is 4.36. The molecule has 0 radical (unpaired) electrons. The molecule has 0 fully saturated rings. The summed E-state index contributed by atoms with van der Waals surface area (Å²) in [4.78, 5) is 22.5. The SMILES string of the molecule is CC(C)(NC(=O)c1cccc(F)c1Cl)C(=O)O. The molecule has 0 saturated heterocycles. The van der Waals surface area contributed by atoms with Crippen LogP contribution in [0.15, 0.2) is 18.2 Å². The maximum absolute atomic E-state index is 13.1. The Kier molecular flexibility index (Phi) is 3.72. The van der Waals surface area contributed by atoms with Gasteiger partial charge in [-0.3, -0.25) is 4.79 Å². The highest BCUT2D eigenvalue weighted by molar-refractivity contribution is 6.34. The largest absolute Gasteiger partial charge is 0.480 e. The summed E-state index contributed by atoms with van der Waals surface area (Å²) < 4.78 is 13.1. The number of amides is 1. The molecule has 92 valence electrons. The van der Waals surface area contributed by atoms with Crippen molar-refractivity contribution in [2.45, 2.75) is 19.4 Å². The average molecular weight is 260 g/mol. The lowest BCUT2D eigenvalue weighted by Gasteiger charge is -2.21. The molecule has 0 aliphatic carbocycles. The fourth-order valence-corrected chi connectivity index (χ4v) is 1.30. The van der Waals surface area contributed by atoms with E-state index >= 15 is 0 Å². The van der Waals surface area contributed by atoms with E-state index in [1.807, 2.05) is 0 Å². The minimum atomic E-state index is -1.45. The highest BCUT2D eigenvalue weighted by Crippen LogP contribution is 2.20. The summed E-state index contributed by atoms with van der Waals surface area (Å²) in [7, 11) is 0. The fourth-order valence-electron chi connectivity index (χ4n) is 1.08. The second-order valence-electron chi connectivity index (χ2n) is 3.99. The van der Waals surface area contributed by atoms with E-state index < -0.39 is 23.2 Å². The number of halogens is 2. The van der Waals surface area contributed by atoms with Crippen molar-refractivity contribution in [3.05, 3.63) is 34.6 Å². The predicted octanol–water partition coefficient (Wildman–Crippen LogP) is 2.07. The smallest absolute Gasteiger partial charge is 0.328 e. The molecule has 0 aliphatic rings. The first-order valence-corrected chi connectivity index (χ1v) is 5.13. The number of benzene rings is 1. The van der Waals surface area contributed by atoms with E-state index in [1.165, 1.54) is 26.0 Å². The third-order valence-corrected chi connectivity index (χ3v) is 2.54. The number of carbonyl (C=O) groups is 2. The molecule has 1 aromatic rings. The number of nitrogens with one attached hydrogen (secondary N) is 1. The molecule has 0 aromatic heterocycles. The van der Waals surface area contributed by atoms with Gasteiger partial charge in [-0.05, 0) is 26.0 Å². The molecule has 2 N–H and O–H groups in total. The molecule has 1 amide bonds. The highest BCUT2D eigenvalue weighted by Gasteiger charge is 2.30. The van der Waals surface area contributed by atoms with Crippen molar-refractivity contribution >= 4 is 23.5 Å². The van der Waals surface area contributed by atoms with Crippen LogP contribution < -0.4 is 5.32 Å². The van der Waals surface area contributed by atoms with Gasteiger partial charge in [-0.25, -0.2) is 9.18 Å². The van der Waals surface area contributed by atoms with Crippen molar-refractivity contribution < 1.29 is 19.1 Å². The number of hydrogen-bond acceptors (Lipinski definition) is 2. The lowest BCUT2D eigenvalue weighted by molar-refractivity contribution is -0.143. The summed E-state index contributed by atoms with van der Waals surface area (Å²) in [5.74, 6) is -2.66. The molecule has 17 heavy (non-hydrogen) atoms. The summed E-state index contributed by atoms with van der Waals surface area (Å²) in [6.45, 7) is 2.64. The van der Waals surface area contributed by atoms with Gasteiger partial charge in [0.15, 0.2) is 0 Å². The van der Waals surface area contributed by atoms with Crippen LogP contribution in [0.25, 0.3) is 0 Å². The molecule has 0 unspecified atom stereocenters. The Balaban J connectivity index is 2.99. The number of carbonyl (C=O) groups excluding carboxylic acids is 1. The van der Waals surface area contributed by atoms with Gasteiger partial charge < -0.3 is 10.4 Å². The first kappa shape index (κ1) is 13.4. The van der Waals surface area contributed by atoms with Crippen LogP contribution in [-0.4, -0.2) is 22.5 Å². The summed E-state index contributed by atoms with van der Waals surface area (Å²) in [5.41, 5.74) is -1.55. The summed E-state index contributed by atoms with van der Waals surface area (Å²) in [6.07, 6.45) is 0. The first-order valence-electron chi connectivity index (χ1n) is 4.75. The molecular weight excluding hydrogens is 249 g/mol. The minimum Gasteiger partial charge on any atom is -0.480 e. The minimum absolute atomic E-state index is 0.0963. The zero-order chi connectivity index (χ0) is 13.2. The van der Waals surface area contributed by atoms with E-state index in [2.05, 4.69) is 5.32 Å². The third kappa shape index (κ3) is 2.94. The Morgan fingerprint density at radius 3 is 2.53 bits per heavy atom. The normalized spacial score (nSPS) is 11.1. The second kappa shape index (κ2) is 4.71. The average Bonchev–Trinajstić information content (AvgIpc) is 2.21. The van der Waals surface area contributed by atoms with Crippen molar-refractivity contribution in [1.82, 2.24) is 5.32 Å². The maximum atomic E-state index is 13.1. The van der Waals surface area contributed by atoms with Gasteiger partial charge in [0.05, 0.1) is 10.6 Å². The van der Waals surface area contributed by atoms with E-state index in [4.69, 9.17) is 16.7 Å². The lowest BCUT2D eigenvalue weighted by atomic mass is 10.1. The van der Waals surface area contributed by atoms with Crippen molar-refractivity contribution in [1.29, 1.82) is 0 Å². The Morgan fingerprint density at radius 2 is 2.00 bits per heavy atom. The van der Waals surface area contributed by atoms with Gasteiger partial charge in [-0.2, -0.15) is 0 Å². The summed E-state index contributed by atoms with van der Waals surface area (Å²) >= 11 is 5.61. The third-order valence-electron chi connectivity index (χ3n) is 2.16. The number of hydrogen-bond donors (Lipinski definition) is 2. The van der Waals surface area contributed by atoms with Crippen LogP contribution in [0.3, 0.4) is 0 Å². The van der Waals surface area contributed by atoms with Gasteiger partial charge in [0.1, 0.15) is 11.4 Å². The first-order chi connectivity index (χ1) is 7.75. The zero-order valence-corrected chi connectivity index (χ0v) is 10.0. The van der Waals surface area contributed by atoms with Gasteiger partial charge in [0.25, 0.3) is 5.91 Å². The standard InChI is InChI=1S/C11H11ClFNO3/c1-11(2,10(16)17)14-9(15)6-4-3-5-7(13)8(6)12/h3-5H,1-2H3,(H,14,15)(H,16,17). The lowest BCUT2D eigenvalue weighted by Crippen LogP contribution is -2.49. The monoisotopic (exact) mass is 259 g/mol. The van der Waals surface area contributed by atoms with Crippen molar-refractivity contribution in [3.63, 3.8) is 0 Å². The Bertz CT molecular complexity index is 474. The number of rotatable bonds is 3. The number of carboxylic acid groups (broad SMARTS) is 1. The van der Waals surface area contributed by atoms with E-state index in [-0.39, 0.29) is 10.6 Å². The van der Waals surface area contributed by atoms with Crippen LogP contribution in [0.1, 0.15) is 24.2 Å². The van der Waals surface area contributed by atoms with Crippen LogP contribution in [0.2, 0.25) is 5.02 Å². The van der Waals surface area contributed by atoms with E-state index in [9.17, 15) is 14.0 Å². The van der Waals surface area contributed by atoms with Gasteiger partial charge in [-0.1, -0.05) is 17.7 Å². The van der Waals surface area contributed by atoms with Gasteiger partial charge in [0, 0.05) is 0 Å². The molecule has 0 aliphatic heterocycles. The molecule has 0 saturated carbocycles. The van der Waals surface area contributed by atoms with Crippen LogP contribution in [0, 0.1) is 5.82 Å². The van der Waals surface area contributed by atoms with E-state index in [0.29, 0.717) is 0 Å². The van der Waals surface area contributed by atoms with Crippen molar-refractivity contribution in [2.75, 3.05) is 0 Å². The van der Waals surface area contributed by atoms with Gasteiger partial charge >= 0.3 is 5.97 Å². The Morgan fingerprint density at radius 1 is 1.41 bits per heavy atom. The zero-order valence-electron chi connectivity index (χ0n) is 9.25.